The lowest BCUT2D eigenvalue weighted by Crippen LogP contribution is -2.26. The lowest BCUT2D eigenvalue weighted by atomic mass is 10.1. The van der Waals surface area contributed by atoms with Crippen molar-refractivity contribution < 1.29 is 38.1 Å². The van der Waals surface area contributed by atoms with Crippen LogP contribution in [0.3, 0.4) is 0 Å². The van der Waals surface area contributed by atoms with Crippen LogP contribution in [0.1, 0.15) is 68.2 Å². The van der Waals surface area contributed by atoms with Gasteiger partial charge in [-0.2, -0.15) is 0 Å². The van der Waals surface area contributed by atoms with Crippen LogP contribution in [0.4, 0.5) is 0 Å². The molecule has 0 aliphatic carbocycles. The van der Waals surface area contributed by atoms with Crippen molar-refractivity contribution in [1.82, 2.24) is 10.2 Å². The van der Waals surface area contributed by atoms with Crippen molar-refractivity contribution in [1.29, 1.82) is 0 Å². The molecule has 0 bridgehead atoms. The van der Waals surface area contributed by atoms with Gasteiger partial charge in [-0.25, -0.2) is 8.42 Å². The number of aliphatic hydroxyl groups is 2. The van der Waals surface area contributed by atoms with Crippen molar-refractivity contribution in [2.24, 2.45) is 0 Å². The minimum absolute atomic E-state index is 0.0207. The fraction of sp³-hybridized carbons (Fsp3) is 0.519. The first kappa shape index (κ1) is 31.7. The van der Waals surface area contributed by atoms with Gasteiger partial charge in [0.25, 0.3) is 10.0 Å². The predicted molar refractivity (Wildman–Crippen MR) is 143 cm³/mol. The minimum atomic E-state index is -3.90. The van der Waals surface area contributed by atoms with Gasteiger partial charge in [0.1, 0.15) is 5.75 Å². The van der Waals surface area contributed by atoms with Gasteiger partial charge in [0.15, 0.2) is 0 Å². The number of carbonyl (C=O) groups is 1. The zero-order chi connectivity index (χ0) is 27.8. The first-order valence-corrected chi connectivity index (χ1v) is 14.4. The van der Waals surface area contributed by atoms with E-state index in [-0.39, 0.29) is 17.3 Å². The summed E-state index contributed by atoms with van der Waals surface area (Å²) in [7, 11) is -3.90. The summed E-state index contributed by atoms with van der Waals surface area (Å²) in [6, 6.07) is 11.3. The molecule has 0 radical (unpaired) electrons. The zero-order valence-corrected chi connectivity index (χ0v) is 22.7. The van der Waals surface area contributed by atoms with E-state index in [9.17, 15) is 28.5 Å². The number of rotatable bonds is 19. The third-order valence-electron chi connectivity index (χ3n) is 5.90. The molecule has 0 saturated carbocycles. The van der Waals surface area contributed by atoms with Gasteiger partial charge in [0.2, 0.25) is 0 Å². The smallest absolute Gasteiger partial charge is 0.323 e. The van der Waals surface area contributed by atoms with E-state index < -0.39 is 22.1 Å². The van der Waals surface area contributed by atoms with Gasteiger partial charge >= 0.3 is 5.97 Å². The normalized spacial score (nSPS) is 12.4. The molecule has 0 fully saturated rings. The van der Waals surface area contributed by atoms with Gasteiger partial charge in [0.05, 0.1) is 17.6 Å². The second kappa shape index (κ2) is 17.1. The molecule has 2 aromatic carbocycles. The molecule has 5 N–H and O–H groups in total. The van der Waals surface area contributed by atoms with Crippen molar-refractivity contribution in [2.45, 2.75) is 69.5 Å². The molecule has 0 aromatic heterocycles. The number of hydrogen-bond donors (Lipinski definition) is 5. The Bertz CT molecular complexity index is 1090. The topological polar surface area (TPSA) is 154 Å². The molecule has 0 saturated heterocycles. The Morgan fingerprint density at radius 2 is 1.74 bits per heavy atom. The molecule has 1 atom stereocenters. The molecule has 2 aromatic rings. The predicted octanol–water partition coefficient (Wildman–Crippen LogP) is 2.86. The standard InChI is InChI=1S/C27H40N2O8S/c1-21(31)37-29-38(34,35)25-11-8-10-22(17-25)9-4-2-6-15-36-16-7-3-5-14-28-19-27(33)23-12-13-26(32)24(18-23)20-30/h8,10-13,17-18,27-30,32-33H,2-7,9,14-16,19-20H2,1H3/t27-/m1/s1. The number of sulfonamides is 1. The average Bonchev–Trinajstić information content (AvgIpc) is 2.90. The zero-order valence-electron chi connectivity index (χ0n) is 21.9. The van der Waals surface area contributed by atoms with E-state index in [4.69, 9.17) is 4.74 Å². The largest absolute Gasteiger partial charge is 0.508 e. The molecule has 10 nitrogen and oxygen atoms in total. The number of unbranched alkanes of at least 4 members (excludes halogenated alkanes) is 4. The molecule has 2 rings (SSSR count). The Labute approximate surface area is 225 Å². The number of nitrogens with one attached hydrogen (secondary N) is 2. The van der Waals surface area contributed by atoms with Gasteiger partial charge in [0, 0.05) is 32.2 Å². The van der Waals surface area contributed by atoms with Crippen LogP contribution in [0, 0.1) is 0 Å². The van der Waals surface area contributed by atoms with Gasteiger partial charge in [-0.3, -0.25) is 4.79 Å². The quantitative estimate of drug-likeness (QED) is 0.131. The maximum Gasteiger partial charge on any atom is 0.323 e. The molecule has 11 heteroatoms. The highest BCUT2D eigenvalue weighted by Crippen LogP contribution is 2.22. The second-order valence-electron chi connectivity index (χ2n) is 9.08. The van der Waals surface area contributed by atoms with Crippen LogP contribution in [0.25, 0.3) is 0 Å². The number of benzene rings is 2. The monoisotopic (exact) mass is 552 g/mol. The minimum Gasteiger partial charge on any atom is -0.508 e. The van der Waals surface area contributed by atoms with Crippen LogP contribution in [0.2, 0.25) is 0 Å². The van der Waals surface area contributed by atoms with Crippen molar-refractivity contribution in [3.05, 3.63) is 59.2 Å². The van der Waals surface area contributed by atoms with Crippen LogP contribution in [-0.4, -0.2) is 56.0 Å². The molecule has 0 aliphatic rings. The van der Waals surface area contributed by atoms with Crippen LogP contribution >= 0.6 is 0 Å². The molecule has 0 heterocycles. The summed E-state index contributed by atoms with van der Waals surface area (Å²) in [4.78, 5) is 17.1. The highest BCUT2D eigenvalue weighted by atomic mass is 32.2. The Kier molecular flexibility index (Phi) is 14.3. The average molecular weight is 553 g/mol. The van der Waals surface area contributed by atoms with Gasteiger partial charge in [-0.1, -0.05) is 24.6 Å². The summed E-state index contributed by atoms with van der Waals surface area (Å²) in [6.07, 6.45) is 5.80. The fourth-order valence-corrected chi connectivity index (χ4v) is 4.66. The summed E-state index contributed by atoms with van der Waals surface area (Å²) >= 11 is 0. The van der Waals surface area contributed by atoms with Gasteiger partial charge < -0.3 is 30.2 Å². The summed E-state index contributed by atoms with van der Waals surface area (Å²) in [5, 5.41) is 32.3. The molecular weight excluding hydrogens is 512 g/mol. The van der Waals surface area contributed by atoms with Crippen molar-refractivity contribution >= 4 is 16.0 Å². The number of aryl methyl sites for hydroxylation is 1. The lowest BCUT2D eigenvalue weighted by Gasteiger charge is -2.14. The van der Waals surface area contributed by atoms with E-state index in [2.05, 4.69) is 10.2 Å². The Hall–Kier alpha value is -2.54. The highest BCUT2D eigenvalue weighted by Gasteiger charge is 2.16. The molecule has 0 spiro atoms. The van der Waals surface area contributed by atoms with Crippen LogP contribution in [-0.2, 0) is 37.4 Å². The Morgan fingerprint density at radius 1 is 1.00 bits per heavy atom. The number of aliphatic hydroxyl groups excluding tert-OH is 2. The summed E-state index contributed by atoms with van der Waals surface area (Å²) in [5.41, 5.74) is 1.95. The van der Waals surface area contributed by atoms with E-state index in [1.165, 1.54) is 12.1 Å². The van der Waals surface area contributed by atoms with Crippen LogP contribution in [0.5, 0.6) is 5.75 Å². The van der Waals surface area contributed by atoms with E-state index in [0.717, 1.165) is 64.0 Å². The molecule has 0 amide bonds. The van der Waals surface area contributed by atoms with E-state index in [0.29, 0.717) is 30.9 Å². The van der Waals surface area contributed by atoms with Crippen LogP contribution < -0.4 is 10.2 Å². The SMILES string of the molecule is CC(=O)ONS(=O)(=O)c1cccc(CCCCCOCCCCCNC[C@@H](O)c2ccc(O)c(CO)c2)c1. The number of hydrogen-bond acceptors (Lipinski definition) is 9. The first-order chi connectivity index (χ1) is 18.2. The number of phenols is 1. The molecular formula is C27H40N2O8S. The number of carbonyl (C=O) groups excluding carboxylic acids is 1. The summed E-state index contributed by atoms with van der Waals surface area (Å²) in [6.45, 7) is 3.42. The number of aromatic hydroxyl groups is 1. The third-order valence-corrected chi connectivity index (χ3v) is 7.07. The fourth-order valence-electron chi connectivity index (χ4n) is 3.77. The molecule has 38 heavy (non-hydrogen) atoms. The van der Waals surface area contributed by atoms with Crippen molar-refractivity contribution in [3.63, 3.8) is 0 Å². The van der Waals surface area contributed by atoms with Crippen LogP contribution in [0.15, 0.2) is 47.4 Å². The Morgan fingerprint density at radius 3 is 2.45 bits per heavy atom. The third kappa shape index (κ3) is 11.9. The van der Waals surface area contributed by atoms with E-state index in [1.54, 1.807) is 24.3 Å². The maximum absolute atomic E-state index is 12.1. The van der Waals surface area contributed by atoms with E-state index in [1.807, 2.05) is 11.0 Å². The van der Waals surface area contributed by atoms with Gasteiger partial charge in [-0.05, 0) is 85.3 Å². The second-order valence-corrected chi connectivity index (χ2v) is 10.7. The van der Waals surface area contributed by atoms with Gasteiger partial charge in [-0.15, -0.1) is 0 Å². The molecule has 0 unspecified atom stereocenters. The summed E-state index contributed by atoms with van der Waals surface area (Å²) in [5.74, 6) is -0.714. The van der Waals surface area contributed by atoms with Crippen molar-refractivity contribution in [3.8, 4) is 5.75 Å². The highest BCUT2D eigenvalue weighted by molar-refractivity contribution is 7.89. The molecule has 0 aliphatic heterocycles. The van der Waals surface area contributed by atoms with Crippen molar-refractivity contribution in [2.75, 3.05) is 26.3 Å². The first-order valence-electron chi connectivity index (χ1n) is 12.9. The van der Waals surface area contributed by atoms with E-state index >= 15 is 0 Å². The maximum atomic E-state index is 12.1. The number of ether oxygens (including phenoxy) is 1. The Balaban J connectivity index is 1.47. The molecule has 212 valence electrons. The lowest BCUT2D eigenvalue weighted by molar-refractivity contribution is -0.144. The summed E-state index contributed by atoms with van der Waals surface area (Å²) < 4.78 is 30.0.